The lowest BCUT2D eigenvalue weighted by atomic mass is 10.1. The molecule has 0 aliphatic rings. The summed E-state index contributed by atoms with van der Waals surface area (Å²) in [4.78, 5) is 14.2. The van der Waals surface area contributed by atoms with E-state index in [9.17, 15) is 4.79 Å². The first-order valence-electron chi connectivity index (χ1n) is 6.29. The Morgan fingerprint density at radius 3 is 3.11 bits per heavy atom. The molecule has 96 valence electrons. The van der Waals surface area contributed by atoms with Gasteiger partial charge in [0.2, 0.25) is 0 Å². The highest BCUT2D eigenvalue weighted by Gasteiger charge is 1.93. The SMILES string of the molecule is O=COCCCCC#Cc1ccc2ncccc2c1. The van der Waals surface area contributed by atoms with Gasteiger partial charge in [-0.15, -0.1) is 0 Å². The van der Waals surface area contributed by atoms with Gasteiger partial charge in [0.25, 0.3) is 6.47 Å². The lowest BCUT2D eigenvalue weighted by molar-refractivity contribution is -0.128. The van der Waals surface area contributed by atoms with Gasteiger partial charge in [0.15, 0.2) is 0 Å². The lowest BCUT2D eigenvalue weighted by Crippen LogP contribution is -1.90. The number of nitrogens with zero attached hydrogens (tertiary/aromatic N) is 1. The highest BCUT2D eigenvalue weighted by molar-refractivity contribution is 5.79. The molecule has 1 heterocycles. The van der Waals surface area contributed by atoms with E-state index >= 15 is 0 Å². The first-order chi connectivity index (χ1) is 9.40. The maximum atomic E-state index is 9.93. The van der Waals surface area contributed by atoms with E-state index in [1.54, 1.807) is 6.20 Å². The van der Waals surface area contributed by atoms with Crippen molar-refractivity contribution in [2.75, 3.05) is 6.61 Å². The van der Waals surface area contributed by atoms with Gasteiger partial charge in [-0.1, -0.05) is 17.9 Å². The van der Waals surface area contributed by atoms with Crippen LogP contribution in [0.1, 0.15) is 24.8 Å². The van der Waals surface area contributed by atoms with Crippen LogP contribution in [-0.2, 0) is 9.53 Å². The fourth-order valence-corrected chi connectivity index (χ4v) is 1.76. The molecule has 0 saturated carbocycles. The molecular formula is C16H15NO2. The Morgan fingerprint density at radius 1 is 1.26 bits per heavy atom. The number of rotatable bonds is 5. The van der Waals surface area contributed by atoms with E-state index in [2.05, 4.69) is 21.6 Å². The molecule has 3 heteroatoms. The van der Waals surface area contributed by atoms with E-state index in [0.29, 0.717) is 13.1 Å². The number of carbonyl (C=O) groups excluding carboxylic acids is 1. The van der Waals surface area contributed by atoms with Gasteiger partial charge in [-0.3, -0.25) is 9.78 Å². The minimum absolute atomic E-state index is 0.479. The Labute approximate surface area is 112 Å². The number of benzene rings is 1. The highest BCUT2D eigenvalue weighted by atomic mass is 16.5. The summed E-state index contributed by atoms with van der Waals surface area (Å²) in [5, 5.41) is 1.11. The van der Waals surface area contributed by atoms with Gasteiger partial charge in [0.1, 0.15) is 0 Å². The van der Waals surface area contributed by atoms with Crippen LogP contribution in [0.15, 0.2) is 36.5 Å². The monoisotopic (exact) mass is 253 g/mol. The van der Waals surface area contributed by atoms with Gasteiger partial charge < -0.3 is 4.74 Å². The summed E-state index contributed by atoms with van der Waals surface area (Å²) in [7, 11) is 0. The van der Waals surface area contributed by atoms with E-state index in [-0.39, 0.29) is 0 Å². The first kappa shape index (κ1) is 13.1. The lowest BCUT2D eigenvalue weighted by Gasteiger charge is -1.97. The molecule has 0 aliphatic carbocycles. The van der Waals surface area contributed by atoms with Crippen LogP contribution in [0.25, 0.3) is 10.9 Å². The summed E-state index contributed by atoms with van der Waals surface area (Å²) in [5.74, 6) is 6.27. The zero-order valence-electron chi connectivity index (χ0n) is 10.6. The second-order valence-corrected chi connectivity index (χ2v) is 4.14. The number of carbonyl (C=O) groups is 1. The number of fused-ring (bicyclic) bond motifs is 1. The minimum atomic E-state index is 0.479. The highest BCUT2D eigenvalue weighted by Crippen LogP contribution is 2.12. The van der Waals surface area contributed by atoms with Crippen molar-refractivity contribution in [1.82, 2.24) is 4.98 Å². The molecule has 0 atom stereocenters. The van der Waals surface area contributed by atoms with Crippen molar-refractivity contribution < 1.29 is 9.53 Å². The number of aromatic nitrogens is 1. The Morgan fingerprint density at radius 2 is 2.21 bits per heavy atom. The molecule has 1 aromatic heterocycles. The topological polar surface area (TPSA) is 39.2 Å². The number of pyridine rings is 1. The molecule has 0 aliphatic heterocycles. The summed E-state index contributed by atoms with van der Waals surface area (Å²) >= 11 is 0. The molecule has 0 saturated heterocycles. The summed E-state index contributed by atoms with van der Waals surface area (Å²) in [5.41, 5.74) is 1.99. The zero-order valence-corrected chi connectivity index (χ0v) is 10.6. The van der Waals surface area contributed by atoms with Crippen LogP contribution < -0.4 is 0 Å². The average molecular weight is 253 g/mol. The Bertz CT molecular complexity index is 611. The van der Waals surface area contributed by atoms with Crippen molar-refractivity contribution in [3.05, 3.63) is 42.1 Å². The predicted octanol–water partition coefficient (Wildman–Crippen LogP) is 2.93. The van der Waals surface area contributed by atoms with Gasteiger partial charge in [0, 0.05) is 23.6 Å². The van der Waals surface area contributed by atoms with Gasteiger partial charge in [-0.25, -0.2) is 0 Å². The second kappa shape index (κ2) is 7.17. The molecule has 0 spiro atoms. The van der Waals surface area contributed by atoms with Crippen LogP contribution in [0, 0.1) is 11.8 Å². The molecule has 0 fully saturated rings. The Kier molecular flexibility index (Phi) is 4.95. The summed E-state index contributed by atoms with van der Waals surface area (Å²) in [6, 6.07) is 9.97. The predicted molar refractivity (Wildman–Crippen MR) is 74.5 cm³/mol. The van der Waals surface area contributed by atoms with E-state index in [4.69, 9.17) is 0 Å². The van der Waals surface area contributed by atoms with E-state index in [1.165, 1.54) is 0 Å². The number of hydrogen-bond acceptors (Lipinski definition) is 3. The number of hydrogen-bond donors (Lipinski definition) is 0. The van der Waals surface area contributed by atoms with Crippen molar-refractivity contribution in [3.8, 4) is 11.8 Å². The van der Waals surface area contributed by atoms with Gasteiger partial charge in [-0.05, 0) is 37.1 Å². The van der Waals surface area contributed by atoms with Crippen molar-refractivity contribution in [1.29, 1.82) is 0 Å². The van der Waals surface area contributed by atoms with Gasteiger partial charge >= 0.3 is 0 Å². The third-order valence-electron chi connectivity index (χ3n) is 2.72. The maximum absolute atomic E-state index is 9.93. The van der Waals surface area contributed by atoms with Crippen molar-refractivity contribution in [2.45, 2.75) is 19.3 Å². The quantitative estimate of drug-likeness (QED) is 0.467. The van der Waals surface area contributed by atoms with E-state index in [0.717, 1.165) is 35.7 Å². The van der Waals surface area contributed by atoms with Crippen LogP contribution in [-0.4, -0.2) is 18.1 Å². The largest absolute Gasteiger partial charge is 0.468 e. The van der Waals surface area contributed by atoms with E-state index < -0.39 is 0 Å². The van der Waals surface area contributed by atoms with Gasteiger partial charge in [-0.2, -0.15) is 0 Å². The van der Waals surface area contributed by atoms with Crippen molar-refractivity contribution in [3.63, 3.8) is 0 Å². The molecule has 0 radical (unpaired) electrons. The maximum Gasteiger partial charge on any atom is 0.293 e. The standard InChI is InChI=1S/C16H15NO2/c18-13-19-11-4-2-1-3-6-14-8-9-16-15(12-14)7-5-10-17-16/h5,7-10,12-13H,1-2,4,11H2. The summed E-state index contributed by atoms with van der Waals surface area (Å²) in [6.07, 6.45) is 4.40. The van der Waals surface area contributed by atoms with Crippen molar-refractivity contribution in [2.24, 2.45) is 0 Å². The summed E-state index contributed by atoms with van der Waals surface area (Å²) in [6.45, 7) is 0.960. The molecule has 0 unspecified atom stereocenters. The molecule has 0 N–H and O–H groups in total. The summed E-state index contributed by atoms with van der Waals surface area (Å²) < 4.78 is 4.61. The molecule has 19 heavy (non-hydrogen) atoms. The van der Waals surface area contributed by atoms with E-state index in [1.807, 2.05) is 30.3 Å². The number of unbranched alkanes of at least 4 members (excludes halogenated alkanes) is 2. The van der Waals surface area contributed by atoms with Crippen LogP contribution in [0.2, 0.25) is 0 Å². The molecule has 2 rings (SSSR count). The third-order valence-corrected chi connectivity index (χ3v) is 2.72. The third kappa shape index (κ3) is 4.11. The van der Waals surface area contributed by atoms with Crippen LogP contribution in [0.5, 0.6) is 0 Å². The zero-order chi connectivity index (χ0) is 13.3. The van der Waals surface area contributed by atoms with Crippen molar-refractivity contribution >= 4 is 17.4 Å². The molecule has 0 amide bonds. The Hall–Kier alpha value is -2.34. The number of ether oxygens (including phenoxy) is 1. The normalized spacial score (nSPS) is 9.68. The molecule has 1 aromatic carbocycles. The second-order valence-electron chi connectivity index (χ2n) is 4.14. The smallest absolute Gasteiger partial charge is 0.293 e. The Balaban J connectivity index is 1.89. The fraction of sp³-hybridized carbons (Fsp3) is 0.250. The van der Waals surface area contributed by atoms with Gasteiger partial charge in [0.05, 0.1) is 12.1 Å². The minimum Gasteiger partial charge on any atom is -0.468 e. The molecule has 2 aromatic rings. The molecule has 3 nitrogen and oxygen atoms in total. The molecule has 0 bridgehead atoms. The van der Waals surface area contributed by atoms with Crippen LogP contribution in [0.3, 0.4) is 0 Å². The fourth-order valence-electron chi connectivity index (χ4n) is 1.76. The van der Waals surface area contributed by atoms with Crippen LogP contribution >= 0.6 is 0 Å². The average Bonchev–Trinajstić information content (AvgIpc) is 2.46. The molecular weight excluding hydrogens is 238 g/mol. The van der Waals surface area contributed by atoms with Crippen LogP contribution in [0.4, 0.5) is 0 Å². The first-order valence-corrected chi connectivity index (χ1v) is 6.29.